The maximum atomic E-state index is 11.5. The molecule has 5 heteroatoms. The van der Waals surface area contributed by atoms with Crippen molar-refractivity contribution < 1.29 is 9.59 Å². The van der Waals surface area contributed by atoms with Crippen LogP contribution in [-0.2, 0) is 9.59 Å². The quantitative estimate of drug-likeness (QED) is 0.592. The number of amides is 2. The number of rotatable bonds is 6. The zero-order valence-electron chi connectivity index (χ0n) is 9.96. The molecule has 88 valence electrons. The van der Waals surface area contributed by atoms with Crippen molar-refractivity contribution in [1.82, 2.24) is 15.5 Å². The molecule has 0 aliphatic heterocycles. The fourth-order valence-electron chi connectivity index (χ4n) is 0.935. The molecule has 0 aliphatic carbocycles. The molecule has 0 atom stereocenters. The summed E-state index contributed by atoms with van der Waals surface area (Å²) in [5, 5.41) is 5.45. The van der Waals surface area contributed by atoms with E-state index in [-0.39, 0.29) is 24.4 Å². The average molecular weight is 215 g/mol. The highest BCUT2D eigenvalue weighted by molar-refractivity contribution is 5.78. The summed E-state index contributed by atoms with van der Waals surface area (Å²) >= 11 is 0. The smallest absolute Gasteiger partial charge is 0.236 e. The van der Waals surface area contributed by atoms with Crippen molar-refractivity contribution in [2.45, 2.75) is 26.3 Å². The first-order valence-electron chi connectivity index (χ1n) is 5.16. The summed E-state index contributed by atoms with van der Waals surface area (Å²) in [6.07, 6.45) is 0.398. The number of carbonyl (C=O) groups is 2. The first-order valence-corrected chi connectivity index (χ1v) is 5.16. The zero-order valence-corrected chi connectivity index (χ0v) is 9.96. The van der Waals surface area contributed by atoms with E-state index in [0.29, 0.717) is 13.0 Å². The summed E-state index contributed by atoms with van der Waals surface area (Å²) in [6, 6.07) is 0.207. The molecule has 0 unspecified atom stereocenters. The lowest BCUT2D eigenvalue weighted by atomic mass is 10.3. The van der Waals surface area contributed by atoms with E-state index in [0.717, 1.165) is 0 Å². The molecule has 0 fully saturated rings. The van der Waals surface area contributed by atoms with Crippen LogP contribution >= 0.6 is 0 Å². The Kier molecular flexibility index (Phi) is 6.70. The predicted octanol–water partition coefficient (Wildman–Crippen LogP) is -0.421. The Morgan fingerprint density at radius 1 is 1.33 bits per heavy atom. The van der Waals surface area contributed by atoms with Crippen LogP contribution in [0.2, 0.25) is 0 Å². The number of hydrogen-bond donors (Lipinski definition) is 2. The Morgan fingerprint density at radius 3 is 2.40 bits per heavy atom. The molecule has 0 aromatic carbocycles. The van der Waals surface area contributed by atoms with Crippen LogP contribution < -0.4 is 10.6 Å². The van der Waals surface area contributed by atoms with Crippen molar-refractivity contribution in [3.05, 3.63) is 0 Å². The van der Waals surface area contributed by atoms with Gasteiger partial charge in [0.2, 0.25) is 11.8 Å². The molecular formula is C10H21N3O2. The Morgan fingerprint density at radius 2 is 1.93 bits per heavy atom. The second-order valence-electron chi connectivity index (χ2n) is 3.70. The number of hydrogen-bond acceptors (Lipinski definition) is 3. The van der Waals surface area contributed by atoms with E-state index in [1.807, 2.05) is 13.8 Å². The molecule has 0 bridgehead atoms. The summed E-state index contributed by atoms with van der Waals surface area (Å²) in [6.45, 7) is 4.73. The second kappa shape index (κ2) is 7.23. The Bertz CT molecular complexity index is 217. The third-order valence-electron chi connectivity index (χ3n) is 2.25. The van der Waals surface area contributed by atoms with Crippen molar-refractivity contribution in [3.8, 4) is 0 Å². The van der Waals surface area contributed by atoms with Gasteiger partial charge >= 0.3 is 0 Å². The molecule has 0 aromatic heterocycles. The largest absolute Gasteiger partial charge is 0.359 e. The topological polar surface area (TPSA) is 61.4 Å². The van der Waals surface area contributed by atoms with Gasteiger partial charge in [0, 0.05) is 33.1 Å². The minimum absolute atomic E-state index is 0.0211. The van der Waals surface area contributed by atoms with Gasteiger partial charge in [-0.2, -0.15) is 0 Å². The minimum atomic E-state index is -0.0211. The molecule has 2 N–H and O–H groups in total. The Balaban J connectivity index is 3.60. The van der Waals surface area contributed by atoms with Crippen molar-refractivity contribution in [1.29, 1.82) is 0 Å². The molecule has 15 heavy (non-hydrogen) atoms. The standard InChI is InChI=1S/C10H21N3O2/c1-8(2)13(4)10(15)7-12-6-5-9(14)11-3/h8,12H,5-7H2,1-4H3,(H,11,14). The van der Waals surface area contributed by atoms with Gasteiger partial charge in [0.1, 0.15) is 0 Å². The van der Waals surface area contributed by atoms with E-state index < -0.39 is 0 Å². The fourth-order valence-corrected chi connectivity index (χ4v) is 0.935. The average Bonchev–Trinajstić information content (AvgIpc) is 2.22. The third-order valence-corrected chi connectivity index (χ3v) is 2.25. The van der Waals surface area contributed by atoms with Crippen molar-refractivity contribution in [3.63, 3.8) is 0 Å². The van der Waals surface area contributed by atoms with E-state index in [9.17, 15) is 9.59 Å². The van der Waals surface area contributed by atoms with Gasteiger partial charge in [-0.1, -0.05) is 0 Å². The molecule has 0 aliphatic rings. The number of nitrogens with one attached hydrogen (secondary N) is 2. The minimum Gasteiger partial charge on any atom is -0.359 e. The van der Waals surface area contributed by atoms with Gasteiger partial charge in [-0.05, 0) is 13.8 Å². The van der Waals surface area contributed by atoms with Crippen LogP contribution in [0.15, 0.2) is 0 Å². The molecule has 0 saturated heterocycles. The summed E-state index contributed by atoms with van der Waals surface area (Å²) in [5.74, 6) is 0.0223. The van der Waals surface area contributed by atoms with Crippen molar-refractivity contribution >= 4 is 11.8 Å². The predicted molar refractivity (Wildman–Crippen MR) is 59.5 cm³/mol. The van der Waals surface area contributed by atoms with Gasteiger partial charge in [-0.3, -0.25) is 9.59 Å². The molecular weight excluding hydrogens is 194 g/mol. The summed E-state index contributed by atoms with van der Waals surface area (Å²) < 4.78 is 0. The highest BCUT2D eigenvalue weighted by Crippen LogP contribution is 1.92. The molecule has 0 spiro atoms. The molecule has 0 rings (SSSR count). The van der Waals surface area contributed by atoms with E-state index in [2.05, 4.69) is 10.6 Å². The van der Waals surface area contributed by atoms with Crippen LogP contribution in [0.3, 0.4) is 0 Å². The van der Waals surface area contributed by atoms with Gasteiger partial charge < -0.3 is 15.5 Å². The van der Waals surface area contributed by atoms with Crippen LogP contribution in [0, 0.1) is 0 Å². The zero-order chi connectivity index (χ0) is 11.8. The monoisotopic (exact) mass is 215 g/mol. The lowest BCUT2D eigenvalue weighted by molar-refractivity contribution is -0.130. The van der Waals surface area contributed by atoms with E-state index in [4.69, 9.17) is 0 Å². The lowest BCUT2D eigenvalue weighted by Gasteiger charge is -2.21. The fraction of sp³-hybridized carbons (Fsp3) is 0.800. The van der Waals surface area contributed by atoms with Gasteiger partial charge in [-0.15, -0.1) is 0 Å². The van der Waals surface area contributed by atoms with Crippen molar-refractivity contribution in [2.75, 3.05) is 27.2 Å². The van der Waals surface area contributed by atoms with Crippen LogP contribution in [0.5, 0.6) is 0 Å². The van der Waals surface area contributed by atoms with E-state index in [1.54, 1.807) is 19.0 Å². The highest BCUT2D eigenvalue weighted by Gasteiger charge is 2.10. The third kappa shape index (κ3) is 6.06. The normalized spacial score (nSPS) is 10.2. The van der Waals surface area contributed by atoms with Gasteiger partial charge in [0.25, 0.3) is 0 Å². The molecule has 5 nitrogen and oxygen atoms in total. The van der Waals surface area contributed by atoms with Crippen LogP contribution in [0.25, 0.3) is 0 Å². The molecule has 0 radical (unpaired) electrons. The maximum absolute atomic E-state index is 11.5. The van der Waals surface area contributed by atoms with Crippen LogP contribution in [-0.4, -0.2) is 49.9 Å². The van der Waals surface area contributed by atoms with Gasteiger partial charge in [0.15, 0.2) is 0 Å². The molecule has 0 heterocycles. The van der Waals surface area contributed by atoms with Crippen LogP contribution in [0.1, 0.15) is 20.3 Å². The molecule has 0 aromatic rings. The molecule has 2 amide bonds. The van der Waals surface area contributed by atoms with E-state index >= 15 is 0 Å². The Hall–Kier alpha value is -1.10. The number of nitrogens with zero attached hydrogens (tertiary/aromatic N) is 1. The molecule has 0 saturated carbocycles. The SMILES string of the molecule is CNC(=O)CCNCC(=O)N(C)C(C)C. The number of carbonyl (C=O) groups excluding carboxylic acids is 2. The summed E-state index contributed by atoms with van der Waals surface area (Å²) in [7, 11) is 3.37. The second-order valence-corrected chi connectivity index (χ2v) is 3.70. The van der Waals surface area contributed by atoms with Gasteiger partial charge in [-0.25, -0.2) is 0 Å². The highest BCUT2D eigenvalue weighted by atomic mass is 16.2. The first-order chi connectivity index (χ1) is 6.99. The lowest BCUT2D eigenvalue weighted by Crippen LogP contribution is -2.40. The van der Waals surface area contributed by atoms with Crippen molar-refractivity contribution in [2.24, 2.45) is 0 Å². The first kappa shape index (κ1) is 13.9. The van der Waals surface area contributed by atoms with E-state index in [1.165, 1.54) is 0 Å². The van der Waals surface area contributed by atoms with Crippen LogP contribution in [0.4, 0.5) is 0 Å². The maximum Gasteiger partial charge on any atom is 0.236 e. The summed E-state index contributed by atoms with van der Waals surface area (Å²) in [4.78, 5) is 24.0. The van der Waals surface area contributed by atoms with Gasteiger partial charge in [0.05, 0.1) is 6.54 Å². The Labute approximate surface area is 91.2 Å². The number of likely N-dealkylation sites (N-methyl/N-ethyl adjacent to an activating group) is 1. The summed E-state index contributed by atoms with van der Waals surface area (Å²) in [5.41, 5.74) is 0.